The molecule has 0 aliphatic carbocycles. The molecule has 35 heteroatoms. The van der Waals surface area contributed by atoms with Crippen LogP contribution in [0.3, 0.4) is 0 Å². The van der Waals surface area contributed by atoms with Gasteiger partial charge in [-0.2, -0.15) is 0 Å². The molecule has 104 heavy (non-hydrogen) atoms. The molecule has 1 unspecified atom stereocenters. The average Bonchev–Trinajstić information content (AvgIpc) is 1.61. The molecule has 12 atom stereocenters. The van der Waals surface area contributed by atoms with Crippen LogP contribution in [0.15, 0.2) is 59.6 Å². The number of carbonyl (C=O) groups excluding carboxylic acids is 15. The quantitative estimate of drug-likeness (QED) is 0.0299. The van der Waals surface area contributed by atoms with Crippen molar-refractivity contribution >= 4 is 117 Å². The lowest BCUT2D eigenvalue weighted by atomic mass is 9.83. The topological polar surface area (TPSA) is 507 Å². The van der Waals surface area contributed by atoms with Crippen molar-refractivity contribution in [3.8, 4) is 5.75 Å². The van der Waals surface area contributed by atoms with Crippen LogP contribution in [-0.4, -0.2) is 225 Å². The first-order valence-corrected chi connectivity index (χ1v) is 35.7. The number of carbonyl (C=O) groups is 15. The van der Waals surface area contributed by atoms with Crippen LogP contribution < -0.4 is 69.0 Å². The number of aliphatic hydroxyl groups is 3. The molecule has 5 heterocycles. The van der Waals surface area contributed by atoms with Crippen LogP contribution in [0, 0.1) is 23.7 Å². The third-order valence-corrected chi connectivity index (χ3v) is 19.8. The standard InChI is InChI=1S/C69H95N15O19S/c1-7-36(4)60-65(99)74-30-55(91)76-49-34-104-67-44(42-19-18-41(103-6)25-46(42)80-67)26-47(62(96)73-31-56(92)82-60)78-61(95)43(37(5)52(88)33-85)27-51(87)50-24-40(86)32-84(50)68(101)48(79-64(49)98)28-54(90)72-29-38-14-16-39(17-15-38)75-63(97)45(12-11-22-71-69(70)102)77-66(100)59(35(2)3)81-53(89)13-9-8-10-23-83-57(93)20-21-58(83)94/h14-21,25,35-37,40,43,45,47-50,52,59-60,80,85-86,88H,7-13,22-24,26-34H2,1-6H3,(H,72,90)(H,73,96)(H,74,99)(H,75,97)(H,76,91)(H,77,100)(H,78,95)(H,79,98)(H,81,89)(H,82,92)(H3,70,71,102)/t36-,37+,40+,43-,45-,47-,48-,49-,50?,52-,59-,60-/m0/s1. The highest BCUT2D eigenvalue weighted by Gasteiger charge is 2.45. The molecule has 4 aliphatic heterocycles. The molecule has 566 valence electrons. The number of H-pyrrole nitrogens is 1. The molecule has 3 aromatic rings. The van der Waals surface area contributed by atoms with E-state index in [0.717, 1.165) is 21.6 Å². The molecule has 17 N–H and O–H groups in total. The molecule has 2 bridgehead atoms. The van der Waals surface area contributed by atoms with Gasteiger partial charge in [0.05, 0.1) is 62.0 Å². The fraction of sp³-hybridized carbons (Fsp3) is 0.551. The van der Waals surface area contributed by atoms with E-state index in [4.69, 9.17) is 10.5 Å². The van der Waals surface area contributed by atoms with Crippen LogP contribution in [-0.2, 0) is 80.1 Å². The number of nitrogens with two attached hydrogens (primary N) is 1. The Bertz CT molecular complexity index is 3700. The minimum absolute atomic E-state index is 0.00702. The van der Waals surface area contributed by atoms with Gasteiger partial charge in [-0.1, -0.05) is 59.6 Å². The molecule has 15 amide bonds. The number of unbranched alkanes of at least 4 members (excludes halogenated alkanes) is 2. The third-order valence-electron chi connectivity index (χ3n) is 18.7. The van der Waals surface area contributed by atoms with Crippen LogP contribution >= 0.6 is 11.8 Å². The van der Waals surface area contributed by atoms with E-state index in [-0.39, 0.29) is 68.2 Å². The SMILES string of the molecule is CC[C@H](C)[C@@H]1NC(=O)CNC(=O)[C@@H]2Cc3c([nH]c4cc(OC)ccc34)SC[C@H](NC(=O)CNC1=O)C(=O)N[C@@H](CC(=O)NCc1ccc(NC(=O)[C@H](CCCNC(N)=O)NC(=O)[C@@H](NC(=O)CCCCCN3C(=O)C=CC3=O)C(C)C)cc1)C(=O)N1C[C@H](O)CC1C(=O)C[C@@H]([C@@H](C)[C@@H](O)CO)C(=O)N2. The van der Waals surface area contributed by atoms with Gasteiger partial charge in [0.25, 0.3) is 11.8 Å². The van der Waals surface area contributed by atoms with E-state index in [0.29, 0.717) is 53.5 Å². The number of ketones is 1. The van der Waals surface area contributed by atoms with Crippen molar-refractivity contribution in [2.24, 2.45) is 29.4 Å². The second-order valence-corrected chi connectivity index (χ2v) is 27.7. The van der Waals surface area contributed by atoms with Gasteiger partial charge in [-0.15, -0.1) is 11.8 Å². The number of Topliss-reactive ketones (excluding diaryl/α,β-unsaturated/α-hetero) is 1. The van der Waals surface area contributed by atoms with Gasteiger partial charge >= 0.3 is 6.03 Å². The summed E-state index contributed by atoms with van der Waals surface area (Å²) >= 11 is 0.966. The maximum atomic E-state index is 15.2. The summed E-state index contributed by atoms with van der Waals surface area (Å²) in [4.78, 5) is 212. The lowest BCUT2D eigenvalue weighted by Crippen LogP contribution is -2.59. The first kappa shape index (κ1) is 81.3. The summed E-state index contributed by atoms with van der Waals surface area (Å²) in [6.45, 7) is 5.43. The molecule has 0 radical (unpaired) electrons. The van der Waals surface area contributed by atoms with Crippen molar-refractivity contribution in [2.75, 3.05) is 57.5 Å². The number of methoxy groups -OCH3 is 1. The Morgan fingerprint density at radius 3 is 2.12 bits per heavy atom. The number of aromatic amines is 1. The number of imide groups is 1. The normalized spacial score (nSPS) is 22.5. The van der Waals surface area contributed by atoms with E-state index in [1.807, 2.05) is 0 Å². The van der Waals surface area contributed by atoms with Crippen LogP contribution in [0.5, 0.6) is 5.75 Å². The summed E-state index contributed by atoms with van der Waals surface area (Å²) in [6.07, 6.45) is -0.947. The van der Waals surface area contributed by atoms with Crippen LogP contribution in [0.1, 0.15) is 110 Å². The smallest absolute Gasteiger partial charge is 0.312 e. The molecule has 0 saturated carbocycles. The zero-order chi connectivity index (χ0) is 76.1. The van der Waals surface area contributed by atoms with Gasteiger partial charge in [0.1, 0.15) is 42.0 Å². The monoisotopic (exact) mass is 1470 g/mol. The van der Waals surface area contributed by atoms with E-state index in [2.05, 4.69) is 63.5 Å². The molecule has 4 aliphatic rings. The van der Waals surface area contributed by atoms with Crippen molar-refractivity contribution in [3.05, 3.63) is 65.7 Å². The number of aromatic nitrogens is 1. The highest BCUT2D eigenvalue weighted by atomic mass is 32.2. The number of benzene rings is 2. The zero-order valence-electron chi connectivity index (χ0n) is 58.9. The predicted molar refractivity (Wildman–Crippen MR) is 375 cm³/mol. The molecule has 1 aromatic heterocycles. The van der Waals surface area contributed by atoms with Crippen molar-refractivity contribution in [2.45, 2.75) is 171 Å². The first-order valence-electron chi connectivity index (χ1n) is 34.7. The van der Waals surface area contributed by atoms with Gasteiger partial charge in [0.15, 0.2) is 5.78 Å². The molecule has 2 aromatic carbocycles. The number of nitrogens with zero attached hydrogens (tertiary/aromatic N) is 2. The van der Waals surface area contributed by atoms with Gasteiger partial charge < -0.3 is 94.2 Å². The van der Waals surface area contributed by atoms with Crippen molar-refractivity contribution in [1.82, 2.24) is 68.0 Å². The molecule has 1 saturated heterocycles. The van der Waals surface area contributed by atoms with Gasteiger partial charge in [0.2, 0.25) is 65.0 Å². The average molecular weight is 1470 g/mol. The Morgan fingerprint density at radius 2 is 1.45 bits per heavy atom. The number of amides is 15. The second-order valence-electron chi connectivity index (χ2n) is 26.7. The van der Waals surface area contributed by atoms with E-state index in [1.54, 1.807) is 58.0 Å². The minimum Gasteiger partial charge on any atom is -0.497 e. The summed E-state index contributed by atoms with van der Waals surface area (Å²) < 4.78 is 5.49. The Kier molecular flexibility index (Phi) is 30.1. The van der Waals surface area contributed by atoms with Crippen molar-refractivity contribution in [1.29, 1.82) is 0 Å². The predicted octanol–water partition coefficient (Wildman–Crippen LogP) is -2.21. The summed E-state index contributed by atoms with van der Waals surface area (Å²) in [5.74, 6) is -14.4. The third kappa shape index (κ3) is 22.7. The fourth-order valence-electron chi connectivity index (χ4n) is 12.4. The summed E-state index contributed by atoms with van der Waals surface area (Å²) in [5, 5.41) is 62.2. The van der Waals surface area contributed by atoms with Gasteiger partial charge in [-0.25, -0.2) is 4.79 Å². The van der Waals surface area contributed by atoms with Crippen molar-refractivity contribution < 1.29 is 92.0 Å². The maximum Gasteiger partial charge on any atom is 0.312 e. The highest BCUT2D eigenvalue weighted by Crippen LogP contribution is 2.35. The van der Waals surface area contributed by atoms with E-state index in [1.165, 1.54) is 38.3 Å². The van der Waals surface area contributed by atoms with Gasteiger partial charge in [0, 0.05) is 92.8 Å². The molecule has 0 spiro atoms. The fourth-order valence-corrected chi connectivity index (χ4v) is 13.5. The number of primary amides is 1. The summed E-state index contributed by atoms with van der Waals surface area (Å²) in [7, 11) is 1.44. The molecule has 1 fully saturated rings. The Morgan fingerprint density at radius 1 is 0.760 bits per heavy atom. The number of rotatable bonds is 26. The summed E-state index contributed by atoms with van der Waals surface area (Å²) in [6, 6.07) is 0.118. The number of fused-ring (bicyclic) bond motifs is 5. The number of anilines is 1. The minimum atomic E-state index is -1.85. The Labute approximate surface area is 604 Å². The number of urea groups is 1. The molecule has 34 nitrogen and oxygen atoms in total. The second kappa shape index (κ2) is 38.5. The molecule has 7 rings (SSSR count). The lowest BCUT2D eigenvalue weighted by Gasteiger charge is -2.32. The van der Waals surface area contributed by atoms with Crippen LogP contribution in [0.2, 0.25) is 0 Å². The van der Waals surface area contributed by atoms with Crippen LogP contribution in [0.25, 0.3) is 10.9 Å². The lowest BCUT2D eigenvalue weighted by molar-refractivity contribution is -0.144. The van der Waals surface area contributed by atoms with Crippen molar-refractivity contribution in [3.63, 3.8) is 0 Å². The van der Waals surface area contributed by atoms with Gasteiger partial charge in [-0.3, -0.25) is 72.0 Å². The molecular weight excluding hydrogens is 1370 g/mol. The number of aliphatic hydroxyl groups excluding tert-OH is 3. The van der Waals surface area contributed by atoms with E-state index < -0.39 is 206 Å². The first-order chi connectivity index (χ1) is 49.5. The number of thioether (sulfide) groups is 1. The highest BCUT2D eigenvalue weighted by molar-refractivity contribution is 7.99. The van der Waals surface area contributed by atoms with Crippen LogP contribution in [0.4, 0.5) is 10.5 Å². The maximum absolute atomic E-state index is 15.2. The van der Waals surface area contributed by atoms with E-state index >= 15 is 9.59 Å². The zero-order valence-corrected chi connectivity index (χ0v) is 59.7. The Balaban J connectivity index is 1.14. The van der Waals surface area contributed by atoms with E-state index in [9.17, 15) is 77.6 Å². The van der Waals surface area contributed by atoms with Gasteiger partial charge in [-0.05, 0) is 78.8 Å². The number of hydrogen-bond donors (Lipinski definition) is 16. The Hall–Kier alpha value is -10.00. The largest absolute Gasteiger partial charge is 0.497 e. The number of ether oxygens (including phenoxy) is 1. The number of nitrogens with one attached hydrogen (secondary N) is 12. The summed E-state index contributed by atoms with van der Waals surface area (Å²) in [5.41, 5.74) is 6.76. The molecular formula is C69H95N15O19S. The number of hydrogen-bond acceptors (Lipinski definition) is 20.